The van der Waals surface area contributed by atoms with Gasteiger partial charge in [0.05, 0.1) is 0 Å². The van der Waals surface area contributed by atoms with Crippen molar-refractivity contribution in [2.45, 2.75) is 19.3 Å². The van der Waals surface area contributed by atoms with Crippen LogP contribution in [0.25, 0.3) is 0 Å². The van der Waals surface area contributed by atoms with Crippen LogP contribution in [0, 0.1) is 15.5 Å². The highest BCUT2D eigenvalue weighted by Crippen LogP contribution is 2.08. The Kier molecular flexibility index (Phi) is 3.01. The van der Waals surface area contributed by atoms with Gasteiger partial charge in [0.25, 0.3) is 6.54 Å². The number of piperidine rings is 1. The molecule has 0 aliphatic carbocycles. The van der Waals surface area contributed by atoms with E-state index in [1.807, 2.05) is 0 Å². The van der Waals surface area contributed by atoms with Crippen molar-refractivity contribution in [3.8, 4) is 0 Å². The Morgan fingerprint density at radius 1 is 1.42 bits per heavy atom. The van der Waals surface area contributed by atoms with Crippen LogP contribution >= 0.6 is 0 Å². The van der Waals surface area contributed by atoms with Crippen LogP contribution in [0.4, 0.5) is 0 Å². The largest absolute Gasteiger partial charge is 0.355 e. The molecule has 1 N–H and O–H groups in total. The second-order valence-corrected chi connectivity index (χ2v) is 2.99. The maximum atomic E-state index is 10.1. The number of rotatable bonds is 2. The van der Waals surface area contributed by atoms with E-state index in [9.17, 15) is 10.1 Å². The highest BCUT2D eigenvalue weighted by molar-refractivity contribution is 5.80. The maximum Gasteiger partial charge on any atom is 0.259 e. The number of hydrogen-bond donors (Lipinski definition) is 1. The summed E-state index contributed by atoms with van der Waals surface area (Å²) in [7, 11) is 0. The van der Waals surface area contributed by atoms with Crippen molar-refractivity contribution >= 4 is 5.84 Å². The SMILES string of the molecule is N=C(C[N+](=O)[O-])N1CCCCC1. The van der Waals surface area contributed by atoms with Crippen LogP contribution in [0.5, 0.6) is 0 Å². The first kappa shape index (κ1) is 8.96. The predicted molar refractivity (Wildman–Crippen MR) is 45.0 cm³/mol. The molecule has 1 aliphatic rings. The fourth-order valence-corrected chi connectivity index (χ4v) is 1.39. The van der Waals surface area contributed by atoms with Crippen LogP contribution in [0.15, 0.2) is 0 Å². The molecule has 0 bridgehead atoms. The van der Waals surface area contributed by atoms with Gasteiger partial charge < -0.3 is 4.90 Å². The Hall–Kier alpha value is -1.13. The number of likely N-dealkylation sites (tertiary alicyclic amines) is 1. The molecule has 68 valence electrons. The number of hydrogen-bond acceptors (Lipinski definition) is 3. The van der Waals surface area contributed by atoms with E-state index in [2.05, 4.69) is 0 Å². The number of nitro groups is 1. The summed E-state index contributed by atoms with van der Waals surface area (Å²) in [6.45, 7) is 1.29. The van der Waals surface area contributed by atoms with Crippen LogP contribution in [0.3, 0.4) is 0 Å². The molecule has 1 fully saturated rings. The Morgan fingerprint density at radius 2 is 2.00 bits per heavy atom. The lowest BCUT2D eigenvalue weighted by atomic mass is 10.1. The third-order valence-corrected chi connectivity index (χ3v) is 2.02. The summed E-state index contributed by atoms with van der Waals surface area (Å²) in [5.41, 5.74) is 0. The Bertz CT molecular complexity index is 187. The molecule has 0 aromatic heterocycles. The minimum Gasteiger partial charge on any atom is -0.355 e. The molecule has 5 heteroatoms. The van der Waals surface area contributed by atoms with Gasteiger partial charge in [0.1, 0.15) is 0 Å². The Balaban J connectivity index is 2.34. The zero-order valence-electron chi connectivity index (χ0n) is 6.95. The second kappa shape index (κ2) is 4.04. The molecule has 0 unspecified atom stereocenters. The molecule has 0 radical (unpaired) electrons. The van der Waals surface area contributed by atoms with E-state index in [0.29, 0.717) is 0 Å². The fourth-order valence-electron chi connectivity index (χ4n) is 1.39. The van der Waals surface area contributed by atoms with Gasteiger partial charge in [-0.1, -0.05) is 0 Å². The van der Waals surface area contributed by atoms with Crippen LogP contribution < -0.4 is 0 Å². The van der Waals surface area contributed by atoms with Crippen molar-refractivity contribution in [2.75, 3.05) is 19.6 Å². The highest BCUT2D eigenvalue weighted by Gasteiger charge is 2.16. The quantitative estimate of drug-likeness (QED) is 0.288. The lowest BCUT2D eigenvalue weighted by Crippen LogP contribution is -2.38. The molecule has 12 heavy (non-hydrogen) atoms. The number of nitrogens with one attached hydrogen (secondary N) is 1. The van der Waals surface area contributed by atoms with Crippen molar-refractivity contribution in [3.63, 3.8) is 0 Å². The van der Waals surface area contributed by atoms with Crippen LogP contribution in [-0.2, 0) is 0 Å². The van der Waals surface area contributed by atoms with E-state index < -0.39 is 4.92 Å². The van der Waals surface area contributed by atoms with Gasteiger partial charge in [-0.15, -0.1) is 0 Å². The van der Waals surface area contributed by atoms with Crippen molar-refractivity contribution in [1.82, 2.24) is 4.90 Å². The molecule has 0 saturated carbocycles. The first-order valence-corrected chi connectivity index (χ1v) is 4.14. The summed E-state index contributed by atoms with van der Waals surface area (Å²) < 4.78 is 0. The predicted octanol–water partition coefficient (Wildman–Crippen LogP) is 0.726. The molecule has 0 atom stereocenters. The molecule has 1 saturated heterocycles. The van der Waals surface area contributed by atoms with Gasteiger partial charge in [-0.2, -0.15) is 0 Å². The molecule has 0 amide bonds. The van der Waals surface area contributed by atoms with E-state index in [-0.39, 0.29) is 12.4 Å². The minimum absolute atomic E-state index is 0.153. The van der Waals surface area contributed by atoms with Gasteiger partial charge in [-0.05, 0) is 19.3 Å². The zero-order valence-corrected chi connectivity index (χ0v) is 6.95. The number of nitrogens with zero attached hydrogens (tertiary/aromatic N) is 2. The monoisotopic (exact) mass is 171 g/mol. The molecular formula is C7H13N3O2. The topological polar surface area (TPSA) is 70.2 Å². The van der Waals surface area contributed by atoms with E-state index >= 15 is 0 Å². The fraction of sp³-hybridized carbons (Fsp3) is 0.857. The standard InChI is InChI=1S/C7H13N3O2/c8-7(6-10(11)12)9-4-2-1-3-5-9/h8H,1-6H2. The third-order valence-electron chi connectivity index (χ3n) is 2.02. The van der Waals surface area contributed by atoms with Gasteiger partial charge in [0.2, 0.25) is 0 Å². The first-order valence-electron chi connectivity index (χ1n) is 4.14. The molecule has 0 spiro atoms. The van der Waals surface area contributed by atoms with Gasteiger partial charge in [0, 0.05) is 18.0 Å². The molecule has 1 heterocycles. The Morgan fingerprint density at radius 3 is 2.50 bits per heavy atom. The summed E-state index contributed by atoms with van der Waals surface area (Å²) in [6.07, 6.45) is 3.29. The summed E-state index contributed by atoms with van der Waals surface area (Å²) in [5, 5.41) is 17.5. The van der Waals surface area contributed by atoms with Crippen molar-refractivity contribution in [2.24, 2.45) is 0 Å². The first-order chi connectivity index (χ1) is 5.70. The van der Waals surface area contributed by atoms with Gasteiger partial charge in [-0.3, -0.25) is 15.5 Å². The average Bonchev–Trinajstić information content (AvgIpc) is 2.05. The van der Waals surface area contributed by atoms with E-state index in [1.165, 1.54) is 6.42 Å². The normalized spacial score (nSPS) is 17.5. The third kappa shape index (κ3) is 2.48. The van der Waals surface area contributed by atoms with E-state index in [0.717, 1.165) is 25.9 Å². The van der Waals surface area contributed by atoms with Gasteiger partial charge in [-0.25, -0.2) is 0 Å². The molecular weight excluding hydrogens is 158 g/mol. The summed E-state index contributed by atoms with van der Waals surface area (Å²) in [5.74, 6) is 0.153. The molecule has 0 aromatic rings. The van der Waals surface area contributed by atoms with Crippen LogP contribution in [0.2, 0.25) is 0 Å². The van der Waals surface area contributed by atoms with Gasteiger partial charge in [0.15, 0.2) is 5.84 Å². The van der Waals surface area contributed by atoms with Crippen molar-refractivity contribution < 1.29 is 4.92 Å². The summed E-state index contributed by atoms with van der Waals surface area (Å²) >= 11 is 0. The summed E-state index contributed by atoms with van der Waals surface area (Å²) in [4.78, 5) is 11.4. The molecule has 1 aliphatic heterocycles. The lowest BCUT2D eigenvalue weighted by Gasteiger charge is -2.26. The number of amidine groups is 1. The molecule has 0 aromatic carbocycles. The molecule has 1 rings (SSSR count). The Labute approximate surface area is 71.0 Å². The summed E-state index contributed by atoms with van der Waals surface area (Å²) in [6, 6.07) is 0. The lowest BCUT2D eigenvalue weighted by molar-refractivity contribution is -0.464. The molecule has 5 nitrogen and oxygen atoms in total. The smallest absolute Gasteiger partial charge is 0.259 e. The van der Waals surface area contributed by atoms with Crippen molar-refractivity contribution in [3.05, 3.63) is 10.1 Å². The van der Waals surface area contributed by atoms with Gasteiger partial charge >= 0.3 is 0 Å². The second-order valence-electron chi connectivity index (χ2n) is 2.99. The van der Waals surface area contributed by atoms with Crippen molar-refractivity contribution in [1.29, 1.82) is 5.41 Å². The van der Waals surface area contributed by atoms with E-state index in [1.54, 1.807) is 4.90 Å². The average molecular weight is 171 g/mol. The van der Waals surface area contributed by atoms with E-state index in [4.69, 9.17) is 5.41 Å². The van der Waals surface area contributed by atoms with Crippen LogP contribution in [-0.4, -0.2) is 35.3 Å². The minimum atomic E-state index is -0.447. The zero-order chi connectivity index (χ0) is 8.97. The van der Waals surface area contributed by atoms with Crippen LogP contribution in [0.1, 0.15) is 19.3 Å². The highest BCUT2D eigenvalue weighted by atomic mass is 16.6. The maximum absolute atomic E-state index is 10.1.